The lowest BCUT2D eigenvalue weighted by Crippen LogP contribution is -2.36. The van der Waals surface area contributed by atoms with Gasteiger partial charge in [-0.15, -0.1) is 11.3 Å². The van der Waals surface area contributed by atoms with Crippen molar-refractivity contribution >= 4 is 28.8 Å². The Labute approximate surface area is 162 Å². The Balaban J connectivity index is 1.50. The zero-order chi connectivity index (χ0) is 20.1. The van der Waals surface area contributed by atoms with E-state index in [1.54, 1.807) is 17.5 Å². The molecule has 3 rings (SSSR count). The van der Waals surface area contributed by atoms with Gasteiger partial charge in [-0.3, -0.25) is 9.59 Å². The average molecular weight is 405 g/mol. The summed E-state index contributed by atoms with van der Waals surface area (Å²) >= 11 is 1.38. The van der Waals surface area contributed by atoms with Gasteiger partial charge in [-0.25, -0.2) is 18.2 Å². The van der Waals surface area contributed by atoms with Gasteiger partial charge in [0.2, 0.25) is 0 Å². The van der Waals surface area contributed by atoms with E-state index in [1.807, 2.05) is 5.32 Å². The molecule has 28 heavy (non-hydrogen) atoms. The third kappa shape index (κ3) is 4.95. The third-order valence-electron chi connectivity index (χ3n) is 3.69. The first kappa shape index (κ1) is 19.6. The predicted molar refractivity (Wildman–Crippen MR) is 99.2 cm³/mol. The maximum Gasteiger partial charge on any atom is 0.313 e. The third-order valence-corrected chi connectivity index (χ3v) is 4.63. The van der Waals surface area contributed by atoms with Crippen molar-refractivity contribution in [2.45, 2.75) is 6.42 Å². The van der Waals surface area contributed by atoms with Crippen molar-refractivity contribution in [3.63, 3.8) is 0 Å². The summed E-state index contributed by atoms with van der Waals surface area (Å²) in [5.74, 6) is -4.00. The molecule has 1 heterocycles. The number of amides is 2. The maximum atomic E-state index is 13.5. The van der Waals surface area contributed by atoms with E-state index in [0.717, 1.165) is 23.8 Å². The van der Waals surface area contributed by atoms with Crippen LogP contribution >= 0.6 is 11.3 Å². The van der Waals surface area contributed by atoms with Gasteiger partial charge in [-0.05, 0) is 36.4 Å². The van der Waals surface area contributed by atoms with Gasteiger partial charge < -0.3 is 10.6 Å². The first-order valence-corrected chi connectivity index (χ1v) is 9.05. The number of rotatable bonds is 5. The van der Waals surface area contributed by atoms with Crippen LogP contribution in [0.5, 0.6) is 0 Å². The Kier molecular flexibility index (Phi) is 6.05. The molecule has 0 bridgehead atoms. The minimum absolute atomic E-state index is 0.129. The average Bonchev–Trinajstić information content (AvgIpc) is 3.14. The van der Waals surface area contributed by atoms with Crippen LogP contribution in [0.2, 0.25) is 0 Å². The van der Waals surface area contributed by atoms with Crippen molar-refractivity contribution in [2.75, 3.05) is 11.9 Å². The lowest BCUT2D eigenvalue weighted by atomic mass is 10.2. The number of nitrogens with one attached hydrogen (secondary N) is 2. The first-order chi connectivity index (χ1) is 13.4. The van der Waals surface area contributed by atoms with Crippen molar-refractivity contribution in [2.24, 2.45) is 0 Å². The van der Waals surface area contributed by atoms with Crippen LogP contribution in [0.15, 0.2) is 47.8 Å². The normalized spacial score (nSPS) is 10.5. The number of aromatic nitrogens is 1. The molecule has 0 aliphatic heterocycles. The second kappa shape index (κ2) is 8.66. The molecule has 0 saturated heterocycles. The van der Waals surface area contributed by atoms with Crippen molar-refractivity contribution in [3.05, 3.63) is 71.0 Å². The SMILES string of the molecule is O=C(NCCc1csc(-c2ccc(F)cc2)n1)C(=O)Nc1cc(F)ccc1F. The van der Waals surface area contributed by atoms with Crippen LogP contribution in [0, 0.1) is 17.5 Å². The Bertz CT molecular complexity index is 1010. The minimum atomic E-state index is -1.10. The molecule has 0 aliphatic rings. The van der Waals surface area contributed by atoms with E-state index < -0.39 is 29.1 Å². The lowest BCUT2D eigenvalue weighted by Gasteiger charge is -2.07. The molecule has 0 fully saturated rings. The zero-order valence-electron chi connectivity index (χ0n) is 14.3. The largest absolute Gasteiger partial charge is 0.347 e. The van der Waals surface area contributed by atoms with Gasteiger partial charge in [-0.2, -0.15) is 0 Å². The van der Waals surface area contributed by atoms with Gasteiger partial charge in [0, 0.05) is 30.0 Å². The van der Waals surface area contributed by atoms with Crippen LogP contribution in [0.4, 0.5) is 18.9 Å². The fraction of sp³-hybridized carbons (Fsp3) is 0.105. The van der Waals surface area contributed by atoms with Gasteiger partial charge in [0.05, 0.1) is 11.4 Å². The van der Waals surface area contributed by atoms with E-state index in [4.69, 9.17) is 0 Å². The van der Waals surface area contributed by atoms with Crippen LogP contribution in [0.3, 0.4) is 0 Å². The molecule has 9 heteroatoms. The molecule has 3 aromatic rings. The standard InChI is InChI=1S/C19H14F3N3O2S/c20-12-3-1-11(2-4-12)19-24-14(10-28-19)7-8-23-17(26)18(27)25-16-9-13(21)5-6-15(16)22/h1-6,9-10H,7-8H2,(H,23,26)(H,25,27). The summed E-state index contributed by atoms with van der Waals surface area (Å²) in [6, 6.07) is 8.47. The molecule has 2 aromatic carbocycles. The minimum Gasteiger partial charge on any atom is -0.347 e. The number of anilines is 1. The highest BCUT2D eigenvalue weighted by molar-refractivity contribution is 7.13. The van der Waals surface area contributed by atoms with Crippen LogP contribution in [-0.4, -0.2) is 23.3 Å². The summed E-state index contributed by atoms with van der Waals surface area (Å²) in [6.45, 7) is 0.129. The maximum absolute atomic E-state index is 13.5. The van der Waals surface area contributed by atoms with E-state index in [0.29, 0.717) is 17.1 Å². The molecule has 0 aliphatic carbocycles. The van der Waals surface area contributed by atoms with Crippen LogP contribution < -0.4 is 10.6 Å². The number of hydrogen-bond acceptors (Lipinski definition) is 4. The molecular weight excluding hydrogens is 391 g/mol. The summed E-state index contributed by atoms with van der Waals surface area (Å²) in [4.78, 5) is 28.0. The Morgan fingerprint density at radius 2 is 1.68 bits per heavy atom. The fourth-order valence-corrected chi connectivity index (χ4v) is 3.16. The molecule has 0 radical (unpaired) electrons. The summed E-state index contributed by atoms with van der Waals surface area (Å²) in [5, 5.41) is 6.92. The van der Waals surface area contributed by atoms with Gasteiger partial charge in [0.25, 0.3) is 0 Å². The van der Waals surface area contributed by atoms with Gasteiger partial charge in [0.1, 0.15) is 22.5 Å². The number of hydrogen-bond donors (Lipinski definition) is 2. The number of benzene rings is 2. The fourth-order valence-electron chi connectivity index (χ4n) is 2.30. The molecule has 5 nitrogen and oxygen atoms in total. The van der Waals surface area contributed by atoms with Gasteiger partial charge in [0.15, 0.2) is 0 Å². The van der Waals surface area contributed by atoms with E-state index in [9.17, 15) is 22.8 Å². The summed E-state index contributed by atoms with van der Waals surface area (Å²) in [6.07, 6.45) is 0.366. The molecule has 0 unspecified atom stereocenters. The highest BCUT2D eigenvalue weighted by atomic mass is 32.1. The van der Waals surface area contributed by atoms with Crippen LogP contribution in [0.25, 0.3) is 10.6 Å². The predicted octanol–water partition coefficient (Wildman–Crippen LogP) is 3.52. The number of thiazole rings is 1. The molecule has 1 aromatic heterocycles. The second-order valence-electron chi connectivity index (χ2n) is 5.74. The van der Waals surface area contributed by atoms with Crippen LogP contribution in [-0.2, 0) is 16.0 Å². The summed E-state index contributed by atoms with van der Waals surface area (Å²) < 4.78 is 39.5. The highest BCUT2D eigenvalue weighted by Crippen LogP contribution is 2.24. The van der Waals surface area contributed by atoms with E-state index in [2.05, 4.69) is 10.3 Å². The molecule has 2 amide bonds. The first-order valence-electron chi connectivity index (χ1n) is 8.17. The molecule has 2 N–H and O–H groups in total. The second-order valence-corrected chi connectivity index (χ2v) is 6.59. The lowest BCUT2D eigenvalue weighted by molar-refractivity contribution is -0.136. The smallest absolute Gasteiger partial charge is 0.313 e. The Hall–Kier alpha value is -3.20. The van der Waals surface area contributed by atoms with Crippen molar-refractivity contribution in [1.29, 1.82) is 0 Å². The van der Waals surface area contributed by atoms with E-state index >= 15 is 0 Å². The molecule has 144 valence electrons. The number of halogens is 3. The topological polar surface area (TPSA) is 71.1 Å². The van der Waals surface area contributed by atoms with Crippen molar-refractivity contribution in [3.8, 4) is 10.6 Å². The van der Waals surface area contributed by atoms with Crippen molar-refractivity contribution in [1.82, 2.24) is 10.3 Å². The molecule has 0 spiro atoms. The van der Waals surface area contributed by atoms with Gasteiger partial charge >= 0.3 is 11.8 Å². The summed E-state index contributed by atoms with van der Waals surface area (Å²) in [7, 11) is 0. The number of carbonyl (C=O) groups is 2. The molecular formula is C19H14F3N3O2S. The quantitative estimate of drug-likeness (QED) is 0.638. The van der Waals surface area contributed by atoms with Crippen molar-refractivity contribution < 1.29 is 22.8 Å². The number of nitrogens with zero attached hydrogens (tertiary/aromatic N) is 1. The Morgan fingerprint density at radius 3 is 2.43 bits per heavy atom. The van der Waals surface area contributed by atoms with E-state index in [1.165, 1.54) is 23.5 Å². The van der Waals surface area contributed by atoms with E-state index in [-0.39, 0.29) is 12.4 Å². The summed E-state index contributed by atoms with van der Waals surface area (Å²) in [5.41, 5.74) is 1.06. The number of carbonyl (C=O) groups excluding carboxylic acids is 2. The molecule has 0 atom stereocenters. The van der Waals surface area contributed by atoms with Crippen LogP contribution in [0.1, 0.15) is 5.69 Å². The monoisotopic (exact) mass is 405 g/mol. The Morgan fingerprint density at radius 1 is 0.964 bits per heavy atom. The van der Waals surface area contributed by atoms with Gasteiger partial charge in [-0.1, -0.05) is 0 Å². The highest BCUT2D eigenvalue weighted by Gasteiger charge is 2.16. The zero-order valence-corrected chi connectivity index (χ0v) is 15.2. The molecule has 0 saturated carbocycles.